The van der Waals surface area contributed by atoms with E-state index in [4.69, 9.17) is 5.11 Å². The second kappa shape index (κ2) is 5.83. The maximum atomic E-state index is 12.5. The summed E-state index contributed by atoms with van der Waals surface area (Å²) >= 11 is 1.51. The van der Waals surface area contributed by atoms with Crippen LogP contribution < -0.4 is 0 Å². The maximum Gasteiger partial charge on any atom is 0.317 e. The summed E-state index contributed by atoms with van der Waals surface area (Å²) in [6.45, 7) is 2.44. The molecule has 0 radical (unpaired) electrons. The van der Waals surface area contributed by atoms with Crippen molar-refractivity contribution in [3.63, 3.8) is 0 Å². The molecule has 0 spiro atoms. The first kappa shape index (κ1) is 14.0. The van der Waals surface area contributed by atoms with E-state index in [1.165, 1.54) is 11.3 Å². The number of carboxylic acids is 1. The van der Waals surface area contributed by atoms with Gasteiger partial charge in [0.25, 0.3) is 5.91 Å². The highest BCUT2D eigenvalue weighted by Gasteiger charge is 2.24. The highest BCUT2D eigenvalue weighted by molar-refractivity contribution is 7.20. The molecule has 1 aliphatic rings. The van der Waals surface area contributed by atoms with Crippen molar-refractivity contribution >= 4 is 33.3 Å². The van der Waals surface area contributed by atoms with E-state index in [0.717, 1.165) is 15.0 Å². The van der Waals surface area contributed by atoms with Gasteiger partial charge in [-0.3, -0.25) is 14.5 Å². The number of fused-ring (bicyclic) bond motifs is 1. The highest BCUT2D eigenvalue weighted by atomic mass is 32.1. The normalized spacial score (nSPS) is 16.3. The van der Waals surface area contributed by atoms with Crippen LogP contribution in [0.2, 0.25) is 0 Å². The van der Waals surface area contributed by atoms with Gasteiger partial charge in [-0.25, -0.2) is 0 Å². The van der Waals surface area contributed by atoms with E-state index in [1.807, 2.05) is 40.1 Å². The quantitative estimate of drug-likeness (QED) is 0.938. The molecule has 3 rings (SSSR count). The first-order valence-electron chi connectivity index (χ1n) is 6.85. The molecular weight excluding hydrogens is 288 g/mol. The van der Waals surface area contributed by atoms with Crippen LogP contribution in [0.1, 0.15) is 9.67 Å². The predicted molar refractivity (Wildman–Crippen MR) is 81.8 cm³/mol. The minimum atomic E-state index is -0.820. The van der Waals surface area contributed by atoms with E-state index in [0.29, 0.717) is 26.2 Å². The van der Waals surface area contributed by atoms with Crippen LogP contribution in [0.5, 0.6) is 0 Å². The van der Waals surface area contributed by atoms with Crippen molar-refractivity contribution in [1.82, 2.24) is 9.80 Å². The van der Waals surface area contributed by atoms with Gasteiger partial charge >= 0.3 is 5.97 Å². The monoisotopic (exact) mass is 304 g/mol. The van der Waals surface area contributed by atoms with E-state index < -0.39 is 5.97 Å². The molecule has 1 fully saturated rings. The molecular formula is C15H16N2O3S. The second-order valence-electron chi connectivity index (χ2n) is 5.11. The first-order valence-corrected chi connectivity index (χ1v) is 7.67. The Hall–Kier alpha value is -1.92. The number of carbonyl (C=O) groups excluding carboxylic acids is 1. The van der Waals surface area contributed by atoms with E-state index in [1.54, 1.807) is 0 Å². The van der Waals surface area contributed by atoms with Crippen molar-refractivity contribution in [2.75, 3.05) is 32.7 Å². The van der Waals surface area contributed by atoms with Gasteiger partial charge in [0.2, 0.25) is 0 Å². The number of aliphatic carboxylic acids is 1. The molecule has 1 aromatic carbocycles. The highest BCUT2D eigenvalue weighted by Crippen LogP contribution is 2.26. The smallest absolute Gasteiger partial charge is 0.317 e. The van der Waals surface area contributed by atoms with Crippen molar-refractivity contribution in [3.8, 4) is 0 Å². The Morgan fingerprint density at radius 1 is 1.14 bits per heavy atom. The van der Waals surface area contributed by atoms with Crippen molar-refractivity contribution < 1.29 is 14.7 Å². The van der Waals surface area contributed by atoms with Crippen LogP contribution in [0.15, 0.2) is 30.3 Å². The fourth-order valence-corrected chi connectivity index (χ4v) is 3.57. The number of piperazine rings is 1. The molecule has 0 bridgehead atoms. The third-order valence-electron chi connectivity index (χ3n) is 3.65. The largest absolute Gasteiger partial charge is 0.480 e. The summed E-state index contributed by atoms with van der Waals surface area (Å²) in [4.78, 5) is 27.6. The molecule has 0 unspecified atom stereocenters. The molecule has 6 heteroatoms. The standard InChI is InChI=1S/C15H16N2O3S/c18-14(19)10-16-5-7-17(8-6-16)15(20)13-9-11-3-1-2-4-12(11)21-13/h1-4,9H,5-8,10H2,(H,18,19). The molecule has 2 aromatic rings. The summed E-state index contributed by atoms with van der Waals surface area (Å²) in [6, 6.07) is 9.90. The summed E-state index contributed by atoms with van der Waals surface area (Å²) in [5.41, 5.74) is 0. The van der Waals surface area contributed by atoms with E-state index in [-0.39, 0.29) is 12.5 Å². The Kier molecular flexibility index (Phi) is 3.90. The van der Waals surface area contributed by atoms with Crippen LogP contribution in [0.4, 0.5) is 0 Å². The number of amides is 1. The Morgan fingerprint density at radius 2 is 1.86 bits per heavy atom. The lowest BCUT2D eigenvalue weighted by Crippen LogP contribution is -2.49. The Labute approximate surface area is 126 Å². The number of hydrogen-bond donors (Lipinski definition) is 1. The van der Waals surface area contributed by atoms with Crippen molar-refractivity contribution in [2.45, 2.75) is 0 Å². The summed E-state index contributed by atoms with van der Waals surface area (Å²) in [7, 11) is 0. The van der Waals surface area contributed by atoms with Crippen molar-refractivity contribution in [3.05, 3.63) is 35.2 Å². The minimum Gasteiger partial charge on any atom is -0.480 e. The number of hydrogen-bond acceptors (Lipinski definition) is 4. The number of thiophene rings is 1. The third kappa shape index (κ3) is 3.06. The fraction of sp³-hybridized carbons (Fsp3) is 0.333. The number of carboxylic acid groups (broad SMARTS) is 1. The lowest BCUT2D eigenvalue weighted by Gasteiger charge is -2.33. The summed E-state index contributed by atoms with van der Waals surface area (Å²) in [5, 5.41) is 9.87. The topological polar surface area (TPSA) is 60.9 Å². The zero-order chi connectivity index (χ0) is 14.8. The third-order valence-corrected chi connectivity index (χ3v) is 4.76. The maximum absolute atomic E-state index is 12.5. The van der Waals surface area contributed by atoms with Crippen LogP contribution in [-0.4, -0.2) is 59.5 Å². The minimum absolute atomic E-state index is 0.0465. The molecule has 1 N–H and O–H groups in total. The van der Waals surface area contributed by atoms with Gasteiger partial charge in [0.05, 0.1) is 11.4 Å². The lowest BCUT2D eigenvalue weighted by atomic mass is 10.2. The van der Waals surface area contributed by atoms with E-state index >= 15 is 0 Å². The average Bonchev–Trinajstić information content (AvgIpc) is 2.90. The van der Waals surface area contributed by atoms with Gasteiger partial charge < -0.3 is 10.0 Å². The molecule has 1 amide bonds. The SMILES string of the molecule is O=C(O)CN1CCN(C(=O)c2cc3ccccc3s2)CC1. The van der Waals surface area contributed by atoms with Gasteiger partial charge in [-0.05, 0) is 17.5 Å². The number of nitrogens with zero attached hydrogens (tertiary/aromatic N) is 2. The van der Waals surface area contributed by atoms with Crippen LogP contribution in [-0.2, 0) is 4.79 Å². The first-order chi connectivity index (χ1) is 10.1. The van der Waals surface area contributed by atoms with E-state index in [2.05, 4.69) is 0 Å². The van der Waals surface area contributed by atoms with E-state index in [9.17, 15) is 9.59 Å². The van der Waals surface area contributed by atoms with Crippen molar-refractivity contribution in [1.29, 1.82) is 0 Å². The Morgan fingerprint density at radius 3 is 2.52 bits per heavy atom. The number of benzene rings is 1. The van der Waals surface area contributed by atoms with Gasteiger partial charge in [0.15, 0.2) is 0 Å². The molecule has 0 aliphatic carbocycles. The molecule has 1 aliphatic heterocycles. The molecule has 110 valence electrons. The average molecular weight is 304 g/mol. The number of carbonyl (C=O) groups is 2. The van der Waals surface area contributed by atoms with Crippen LogP contribution in [0.25, 0.3) is 10.1 Å². The van der Waals surface area contributed by atoms with Gasteiger partial charge in [-0.1, -0.05) is 18.2 Å². The Balaban J connectivity index is 1.67. The Bertz CT molecular complexity index is 641. The lowest BCUT2D eigenvalue weighted by molar-refractivity contribution is -0.138. The van der Waals surface area contributed by atoms with Gasteiger partial charge in [0.1, 0.15) is 0 Å². The van der Waals surface area contributed by atoms with Crippen LogP contribution in [0.3, 0.4) is 0 Å². The molecule has 2 heterocycles. The molecule has 5 nitrogen and oxygen atoms in total. The van der Waals surface area contributed by atoms with Gasteiger partial charge in [-0.15, -0.1) is 11.3 Å². The summed E-state index contributed by atoms with van der Waals surface area (Å²) < 4.78 is 1.12. The molecule has 1 saturated heterocycles. The van der Waals surface area contributed by atoms with Gasteiger partial charge in [-0.2, -0.15) is 0 Å². The second-order valence-corrected chi connectivity index (χ2v) is 6.19. The predicted octanol–water partition coefficient (Wildman–Crippen LogP) is 1.74. The fourth-order valence-electron chi connectivity index (χ4n) is 2.54. The van der Waals surface area contributed by atoms with Crippen LogP contribution >= 0.6 is 11.3 Å². The zero-order valence-corrected chi connectivity index (χ0v) is 12.3. The van der Waals surface area contributed by atoms with Crippen molar-refractivity contribution in [2.24, 2.45) is 0 Å². The number of rotatable bonds is 3. The molecule has 0 saturated carbocycles. The van der Waals surface area contributed by atoms with Gasteiger partial charge in [0, 0.05) is 30.9 Å². The summed E-state index contributed by atoms with van der Waals surface area (Å²) in [5.74, 6) is -0.773. The molecule has 1 aromatic heterocycles. The molecule has 0 atom stereocenters. The molecule has 21 heavy (non-hydrogen) atoms. The van der Waals surface area contributed by atoms with Crippen LogP contribution in [0, 0.1) is 0 Å². The zero-order valence-electron chi connectivity index (χ0n) is 11.5. The summed E-state index contributed by atoms with van der Waals surface area (Å²) in [6.07, 6.45) is 0.